The quantitative estimate of drug-likeness (QED) is 0.619. The third-order valence-electron chi connectivity index (χ3n) is 2.47. The van der Waals surface area contributed by atoms with E-state index in [1.807, 2.05) is 0 Å². The van der Waals surface area contributed by atoms with Crippen molar-refractivity contribution in [2.45, 2.75) is 12.6 Å². The van der Waals surface area contributed by atoms with E-state index < -0.39 is 16.4 Å². The van der Waals surface area contributed by atoms with E-state index in [1.54, 1.807) is 0 Å². The van der Waals surface area contributed by atoms with Gasteiger partial charge in [0.25, 0.3) is 0 Å². The summed E-state index contributed by atoms with van der Waals surface area (Å²) in [7, 11) is 0. The predicted molar refractivity (Wildman–Crippen MR) is 54.5 cm³/mol. The summed E-state index contributed by atoms with van der Waals surface area (Å²) < 4.78 is 18.5. The summed E-state index contributed by atoms with van der Waals surface area (Å²) in [5.74, 6) is -0.764. The molecule has 0 atom stereocenters. The molecule has 0 radical (unpaired) electrons. The number of nitro groups is 1. The standard InChI is InChI=1S/C10H11FN2O3/c11-10-7(4-12-8-5-16-6-8)2-1-3-9(10)13(14)15/h1-3,8,12H,4-6H2. The number of nitrogens with one attached hydrogen (secondary N) is 1. The highest BCUT2D eigenvalue weighted by Crippen LogP contribution is 2.20. The lowest BCUT2D eigenvalue weighted by Gasteiger charge is -2.27. The van der Waals surface area contributed by atoms with Crippen molar-refractivity contribution in [2.75, 3.05) is 13.2 Å². The van der Waals surface area contributed by atoms with Gasteiger partial charge in [-0.15, -0.1) is 0 Å². The van der Waals surface area contributed by atoms with E-state index in [4.69, 9.17) is 4.74 Å². The Balaban J connectivity index is 2.07. The number of rotatable bonds is 4. The molecule has 1 heterocycles. The Bertz CT molecular complexity index is 407. The minimum Gasteiger partial charge on any atom is -0.378 e. The fourth-order valence-electron chi connectivity index (χ4n) is 1.45. The molecule has 0 amide bonds. The first-order valence-electron chi connectivity index (χ1n) is 4.91. The molecular formula is C10H11FN2O3. The van der Waals surface area contributed by atoms with Gasteiger partial charge < -0.3 is 10.1 Å². The molecule has 1 N–H and O–H groups in total. The van der Waals surface area contributed by atoms with Crippen molar-refractivity contribution >= 4 is 5.69 Å². The molecule has 86 valence electrons. The van der Waals surface area contributed by atoms with Gasteiger partial charge in [0.15, 0.2) is 0 Å². The lowest BCUT2D eigenvalue weighted by molar-refractivity contribution is -0.387. The van der Waals surface area contributed by atoms with Gasteiger partial charge in [-0.2, -0.15) is 4.39 Å². The van der Waals surface area contributed by atoms with Crippen LogP contribution in [0.1, 0.15) is 5.56 Å². The molecule has 0 spiro atoms. The third-order valence-corrected chi connectivity index (χ3v) is 2.47. The highest BCUT2D eigenvalue weighted by atomic mass is 19.1. The fraction of sp³-hybridized carbons (Fsp3) is 0.400. The molecule has 1 saturated heterocycles. The molecule has 0 unspecified atom stereocenters. The van der Waals surface area contributed by atoms with Gasteiger partial charge in [-0.25, -0.2) is 0 Å². The monoisotopic (exact) mass is 226 g/mol. The largest absolute Gasteiger partial charge is 0.378 e. The Hall–Kier alpha value is -1.53. The first-order chi connectivity index (χ1) is 7.68. The minimum atomic E-state index is -0.764. The Kier molecular flexibility index (Phi) is 3.12. The zero-order valence-electron chi connectivity index (χ0n) is 8.48. The summed E-state index contributed by atoms with van der Waals surface area (Å²) in [6.07, 6.45) is 0. The van der Waals surface area contributed by atoms with Gasteiger partial charge in [-0.3, -0.25) is 10.1 Å². The van der Waals surface area contributed by atoms with E-state index in [9.17, 15) is 14.5 Å². The Morgan fingerprint density at radius 2 is 2.31 bits per heavy atom. The van der Waals surface area contributed by atoms with E-state index in [1.165, 1.54) is 12.1 Å². The number of nitrogens with zero attached hydrogens (tertiary/aromatic N) is 1. The van der Waals surface area contributed by atoms with Crippen LogP contribution in [0.25, 0.3) is 0 Å². The number of ether oxygens (including phenoxy) is 1. The molecule has 1 aromatic carbocycles. The van der Waals surface area contributed by atoms with Crippen LogP contribution in [-0.2, 0) is 11.3 Å². The molecule has 16 heavy (non-hydrogen) atoms. The topological polar surface area (TPSA) is 64.4 Å². The van der Waals surface area contributed by atoms with Crippen LogP contribution >= 0.6 is 0 Å². The van der Waals surface area contributed by atoms with Gasteiger partial charge >= 0.3 is 5.69 Å². The number of hydrogen-bond donors (Lipinski definition) is 1. The van der Waals surface area contributed by atoms with Gasteiger partial charge in [0.05, 0.1) is 24.2 Å². The number of hydrogen-bond acceptors (Lipinski definition) is 4. The first kappa shape index (κ1) is 11.0. The lowest BCUT2D eigenvalue weighted by atomic mass is 10.1. The summed E-state index contributed by atoms with van der Waals surface area (Å²) in [6.45, 7) is 1.49. The van der Waals surface area contributed by atoms with Crippen LogP contribution in [-0.4, -0.2) is 24.2 Å². The van der Waals surface area contributed by atoms with Gasteiger partial charge in [0.1, 0.15) is 0 Å². The maximum absolute atomic E-state index is 13.6. The smallest absolute Gasteiger partial charge is 0.305 e. The summed E-state index contributed by atoms with van der Waals surface area (Å²) in [5.41, 5.74) is -0.176. The second-order valence-corrected chi connectivity index (χ2v) is 3.62. The molecule has 0 bridgehead atoms. The molecular weight excluding hydrogens is 215 g/mol. The van der Waals surface area contributed by atoms with E-state index in [0.29, 0.717) is 18.8 Å². The van der Waals surface area contributed by atoms with Crippen LogP contribution in [0.2, 0.25) is 0 Å². The van der Waals surface area contributed by atoms with E-state index in [-0.39, 0.29) is 12.6 Å². The van der Waals surface area contributed by atoms with E-state index >= 15 is 0 Å². The number of nitro benzene ring substituents is 1. The Morgan fingerprint density at radius 1 is 1.56 bits per heavy atom. The highest BCUT2D eigenvalue weighted by Gasteiger charge is 2.20. The van der Waals surface area contributed by atoms with Gasteiger partial charge in [-0.05, 0) is 0 Å². The minimum absolute atomic E-state index is 0.221. The van der Waals surface area contributed by atoms with Gasteiger partial charge in [-0.1, -0.05) is 12.1 Å². The predicted octanol–water partition coefficient (Wildman–Crippen LogP) is 1.22. The zero-order valence-corrected chi connectivity index (χ0v) is 8.48. The van der Waals surface area contributed by atoms with Crippen LogP contribution in [0.4, 0.5) is 10.1 Å². The maximum atomic E-state index is 13.6. The van der Waals surface area contributed by atoms with Crippen molar-refractivity contribution in [3.63, 3.8) is 0 Å². The van der Waals surface area contributed by atoms with Crippen molar-refractivity contribution in [3.8, 4) is 0 Å². The van der Waals surface area contributed by atoms with Crippen LogP contribution in [0, 0.1) is 15.9 Å². The van der Waals surface area contributed by atoms with Gasteiger partial charge in [0.2, 0.25) is 5.82 Å². The van der Waals surface area contributed by atoms with E-state index in [2.05, 4.69) is 5.32 Å². The molecule has 0 aliphatic carbocycles. The Labute approximate surface area is 91.4 Å². The van der Waals surface area contributed by atoms with Crippen molar-refractivity contribution in [3.05, 3.63) is 39.7 Å². The van der Waals surface area contributed by atoms with Crippen LogP contribution < -0.4 is 5.32 Å². The van der Waals surface area contributed by atoms with Gasteiger partial charge in [0, 0.05) is 18.2 Å². The normalized spacial score (nSPS) is 15.8. The average Bonchev–Trinajstić information content (AvgIpc) is 2.17. The van der Waals surface area contributed by atoms with Crippen molar-refractivity contribution in [2.24, 2.45) is 0 Å². The average molecular weight is 226 g/mol. The van der Waals surface area contributed by atoms with Crippen molar-refractivity contribution < 1.29 is 14.1 Å². The SMILES string of the molecule is O=[N+]([O-])c1cccc(CNC2COC2)c1F. The molecule has 1 aliphatic heterocycles. The summed E-state index contributed by atoms with van der Waals surface area (Å²) in [4.78, 5) is 9.79. The highest BCUT2D eigenvalue weighted by molar-refractivity contribution is 5.36. The molecule has 6 heteroatoms. The summed E-state index contributed by atoms with van der Waals surface area (Å²) in [5, 5.41) is 13.6. The summed E-state index contributed by atoms with van der Waals surface area (Å²) >= 11 is 0. The second kappa shape index (κ2) is 4.54. The lowest BCUT2D eigenvalue weighted by Crippen LogP contribution is -2.45. The molecule has 0 aromatic heterocycles. The summed E-state index contributed by atoms with van der Waals surface area (Å²) in [6, 6.07) is 4.40. The number of halogens is 1. The van der Waals surface area contributed by atoms with E-state index in [0.717, 1.165) is 6.07 Å². The molecule has 0 saturated carbocycles. The maximum Gasteiger partial charge on any atom is 0.305 e. The molecule has 5 nitrogen and oxygen atoms in total. The van der Waals surface area contributed by atoms with Crippen LogP contribution in [0.15, 0.2) is 18.2 Å². The molecule has 1 fully saturated rings. The number of benzene rings is 1. The van der Waals surface area contributed by atoms with Crippen molar-refractivity contribution in [1.29, 1.82) is 0 Å². The van der Waals surface area contributed by atoms with Crippen molar-refractivity contribution in [1.82, 2.24) is 5.32 Å². The molecule has 1 aromatic rings. The molecule has 2 rings (SSSR count). The van der Waals surface area contributed by atoms with Crippen LogP contribution in [0.5, 0.6) is 0 Å². The third kappa shape index (κ3) is 2.17. The second-order valence-electron chi connectivity index (χ2n) is 3.62. The zero-order chi connectivity index (χ0) is 11.5. The Morgan fingerprint density at radius 3 is 2.88 bits per heavy atom. The first-order valence-corrected chi connectivity index (χ1v) is 4.91. The van der Waals surface area contributed by atoms with Crippen LogP contribution in [0.3, 0.4) is 0 Å². The molecule has 1 aliphatic rings. The fourth-order valence-corrected chi connectivity index (χ4v) is 1.45.